The van der Waals surface area contributed by atoms with Gasteiger partial charge < -0.3 is 4.74 Å². The molecule has 1 aromatic carbocycles. The molecule has 5 heteroatoms. The van der Waals surface area contributed by atoms with Crippen LogP contribution in [0, 0.1) is 11.3 Å². The number of Topliss-reactive ketones (excluding diaryl/α,β-unsaturated/α-hetero) is 2. The summed E-state index contributed by atoms with van der Waals surface area (Å²) in [5.41, 5.74) is 0.815. The second-order valence-electron chi connectivity index (χ2n) is 10.8. The highest BCUT2D eigenvalue weighted by atomic mass is 16.5. The molecule has 0 aliphatic heterocycles. The van der Waals surface area contributed by atoms with Crippen molar-refractivity contribution in [2.24, 2.45) is 16.3 Å². The minimum Gasteiger partial charge on any atom is -0.462 e. The molecule has 1 aromatic rings. The highest BCUT2D eigenvalue weighted by Gasteiger charge is 2.38. The van der Waals surface area contributed by atoms with Crippen LogP contribution >= 0.6 is 0 Å². The molecule has 0 N–H and O–H groups in total. The summed E-state index contributed by atoms with van der Waals surface area (Å²) >= 11 is 0. The first-order valence-corrected chi connectivity index (χ1v) is 13.7. The molecule has 0 heterocycles. The van der Waals surface area contributed by atoms with E-state index in [4.69, 9.17) is 4.74 Å². The molecule has 194 valence electrons. The monoisotopic (exact) mass is 483 g/mol. The molecule has 0 bridgehead atoms. The SMILES string of the molecule is CCCCCCCCCCCCCCOC(=O)c1ccc(N=CC2C(=O)CC(C)(C)CC2=O)cc1. The molecule has 2 rings (SSSR count). The first-order valence-electron chi connectivity index (χ1n) is 13.7. The maximum absolute atomic E-state index is 12.3. The van der Waals surface area contributed by atoms with Crippen LogP contribution in [-0.2, 0) is 14.3 Å². The maximum atomic E-state index is 12.3. The van der Waals surface area contributed by atoms with E-state index in [0.29, 0.717) is 30.7 Å². The van der Waals surface area contributed by atoms with E-state index in [9.17, 15) is 14.4 Å². The molecule has 0 spiro atoms. The summed E-state index contributed by atoms with van der Waals surface area (Å²) < 4.78 is 5.40. The third-order valence-corrected chi connectivity index (χ3v) is 6.71. The molecule has 0 amide bonds. The number of benzene rings is 1. The smallest absolute Gasteiger partial charge is 0.338 e. The quantitative estimate of drug-likeness (QED) is 0.104. The Balaban J connectivity index is 1.58. The van der Waals surface area contributed by atoms with E-state index in [1.807, 2.05) is 13.8 Å². The van der Waals surface area contributed by atoms with Gasteiger partial charge in [0.1, 0.15) is 17.5 Å². The Morgan fingerprint density at radius 2 is 1.34 bits per heavy atom. The molecule has 5 nitrogen and oxygen atoms in total. The number of esters is 1. The summed E-state index contributed by atoms with van der Waals surface area (Å²) in [7, 11) is 0. The second kappa shape index (κ2) is 15.6. The van der Waals surface area contributed by atoms with Crippen molar-refractivity contribution in [1.82, 2.24) is 0 Å². The summed E-state index contributed by atoms with van der Waals surface area (Å²) in [6.45, 7) is 6.57. The normalized spacial score (nSPS) is 16.2. The van der Waals surface area contributed by atoms with Crippen molar-refractivity contribution < 1.29 is 19.1 Å². The van der Waals surface area contributed by atoms with Crippen molar-refractivity contribution in [2.75, 3.05) is 6.61 Å². The highest BCUT2D eigenvalue weighted by Crippen LogP contribution is 2.33. The first-order chi connectivity index (χ1) is 16.8. The second-order valence-corrected chi connectivity index (χ2v) is 10.8. The van der Waals surface area contributed by atoms with Gasteiger partial charge in [-0.15, -0.1) is 0 Å². The summed E-state index contributed by atoms with van der Waals surface area (Å²) in [6.07, 6.45) is 17.5. The lowest BCUT2D eigenvalue weighted by atomic mass is 9.72. The Hall–Kier alpha value is -2.30. The highest BCUT2D eigenvalue weighted by molar-refractivity contribution is 6.16. The van der Waals surface area contributed by atoms with Crippen LogP contribution in [0.3, 0.4) is 0 Å². The van der Waals surface area contributed by atoms with E-state index >= 15 is 0 Å². The number of aliphatic imine (C=N–C) groups is 1. The van der Waals surface area contributed by atoms with Gasteiger partial charge in [0.2, 0.25) is 0 Å². The zero-order chi connectivity index (χ0) is 25.5. The topological polar surface area (TPSA) is 72.8 Å². The number of hydrogen-bond acceptors (Lipinski definition) is 5. The molecule has 1 saturated carbocycles. The van der Waals surface area contributed by atoms with Crippen LogP contribution in [0.5, 0.6) is 0 Å². The van der Waals surface area contributed by atoms with Crippen LogP contribution in [0.1, 0.15) is 121 Å². The minimum absolute atomic E-state index is 0.0759. The van der Waals surface area contributed by atoms with Crippen molar-refractivity contribution >= 4 is 29.4 Å². The zero-order valence-corrected chi connectivity index (χ0v) is 22.2. The van der Waals surface area contributed by atoms with E-state index in [1.54, 1.807) is 24.3 Å². The van der Waals surface area contributed by atoms with Gasteiger partial charge in [0.05, 0.1) is 17.9 Å². The lowest BCUT2D eigenvalue weighted by Crippen LogP contribution is -2.38. The van der Waals surface area contributed by atoms with E-state index in [-0.39, 0.29) is 23.0 Å². The average Bonchev–Trinajstić information content (AvgIpc) is 2.81. The Kier molecular flexibility index (Phi) is 12.9. The summed E-state index contributed by atoms with van der Waals surface area (Å²) in [5, 5.41) is 0. The van der Waals surface area contributed by atoms with Gasteiger partial charge in [-0.3, -0.25) is 14.6 Å². The van der Waals surface area contributed by atoms with Crippen molar-refractivity contribution in [3.05, 3.63) is 29.8 Å². The largest absolute Gasteiger partial charge is 0.462 e. The fourth-order valence-corrected chi connectivity index (χ4v) is 4.61. The van der Waals surface area contributed by atoms with Crippen LogP contribution < -0.4 is 0 Å². The Labute approximate surface area is 212 Å². The van der Waals surface area contributed by atoms with Gasteiger partial charge in [0, 0.05) is 19.1 Å². The van der Waals surface area contributed by atoms with Crippen molar-refractivity contribution in [3.63, 3.8) is 0 Å². The van der Waals surface area contributed by atoms with Crippen LogP contribution in [-0.4, -0.2) is 30.4 Å². The van der Waals surface area contributed by atoms with Crippen molar-refractivity contribution in [2.45, 2.75) is 111 Å². The number of ketones is 2. The van der Waals surface area contributed by atoms with E-state index in [2.05, 4.69) is 11.9 Å². The minimum atomic E-state index is -0.761. The van der Waals surface area contributed by atoms with Crippen LogP contribution in [0.4, 0.5) is 5.69 Å². The molecule has 0 atom stereocenters. The van der Waals surface area contributed by atoms with Crippen molar-refractivity contribution in [1.29, 1.82) is 0 Å². The van der Waals surface area contributed by atoms with Gasteiger partial charge in [-0.2, -0.15) is 0 Å². The molecule has 1 aliphatic rings. The number of hydrogen-bond donors (Lipinski definition) is 0. The molecule has 0 radical (unpaired) electrons. The lowest BCUT2D eigenvalue weighted by molar-refractivity contribution is -0.136. The first kappa shape index (κ1) is 28.9. The third-order valence-electron chi connectivity index (χ3n) is 6.71. The number of unbranched alkanes of at least 4 members (excludes halogenated alkanes) is 11. The number of nitrogens with zero attached hydrogens (tertiary/aromatic N) is 1. The third kappa shape index (κ3) is 11.3. The molecule has 1 aliphatic carbocycles. The van der Waals surface area contributed by atoms with Gasteiger partial charge in [0.25, 0.3) is 0 Å². The van der Waals surface area contributed by atoms with Gasteiger partial charge in [-0.1, -0.05) is 91.4 Å². The van der Waals surface area contributed by atoms with E-state index in [1.165, 1.54) is 70.4 Å². The molecule has 35 heavy (non-hydrogen) atoms. The van der Waals surface area contributed by atoms with Gasteiger partial charge in [-0.05, 0) is 36.1 Å². The van der Waals surface area contributed by atoms with Crippen LogP contribution in [0.15, 0.2) is 29.3 Å². The lowest BCUT2D eigenvalue weighted by Gasteiger charge is -2.30. The standard InChI is InChI=1S/C30H45NO4/c1-4-5-6-7-8-9-10-11-12-13-14-15-20-35-29(34)24-16-18-25(19-17-24)31-23-26-27(32)21-30(2,3)22-28(26)33/h16-19,23,26H,4-15,20-22H2,1-3H3. The number of rotatable bonds is 16. The predicted octanol–water partition coefficient (Wildman–Crippen LogP) is 7.82. The van der Waals surface area contributed by atoms with E-state index in [0.717, 1.165) is 12.8 Å². The molecular formula is C30H45NO4. The number of ether oxygens (including phenoxy) is 1. The number of carbonyl (C=O) groups excluding carboxylic acids is 3. The Morgan fingerprint density at radius 1 is 0.857 bits per heavy atom. The Morgan fingerprint density at radius 3 is 1.86 bits per heavy atom. The maximum Gasteiger partial charge on any atom is 0.338 e. The van der Waals surface area contributed by atoms with Gasteiger partial charge in [0.15, 0.2) is 0 Å². The van der Waals surface area contributed by atoms with Gasteiger partial charge in [-0.25, -0.2) is 4.79 Å². The molecule has 0 unspecified atom stereocenters. The molecule has 0 saturated heterocycles. The average molecular weight is 484 g/mol. The molecular weight excluding hydrogens is 438 g/mol. The fourth-order valence-electron chi connectivity index (χ4n) is 4.61. The molecule has 1 fully saturated rings. The summed E-state index contributed by atoms with van der Waals surface area (Å²) in [5.74, 6) is -1.24. The summed E-state index contributed by atoms with van der Waals surface area (Å²) in [6, 6.07) is 6.76. The van der Waals surface area contributed by atoms with Crippen LogP contribution in [0.2, 0.25) is 0 Å². The van der Waals surface area contributed by atoms with Gasteiger partial charge >= 0.3 is 5.97 Å². The fraction of sp³-hybridized carbons (Fsp3) is 0.667. The van der Waals surface area contributed by atoms with E-state index < -0.39 is 5.92 Å². The zero-order valence-electron chi connectivity index (χ0n) is 22.2. The molecule has 0 aromatic heterocycles. The van der Waals surface area contributed by atoms with Crippen molar-refractivity contribution in [3.8, 4) is 0 Å². The van der Waals surface area contributed by atoms with Crippen LogP contribution in [0.25, 0.3) is 0 Å². The predicted molar refractivity (Wildman–Crippen MR) is 142 cm³/mol. The number of carbonyl (C=O) groups is 3. The summed E-state index contributed by atoms with van der Waals surface area (Å²) in [4.78, 5) is 41.1. The Bertz CT molecular complexity index is 805.